The number of ketones is 1. The van der Waals surface area contributed by atoms with Crippen molar-refractivity contribution in [1.29, 1.82) is 0 Å². The monoisotopic (exact) mass is 391 g/mol. The molecule has 0 aliphatic rings. The van der Waals surface area contributed by atoms with Gasteiger partial charge in [0.25, 0.3) is 0 Å². The van der Waals surface area contributed by atoms with Gasteiger partial charge < -0.3 is 14.2 Å². The molecule has 0 saturated heterocycles. The Labute approximate surface area is 166 Å². The Hall–Kier alpha value is -4.00. The summed E-state index contributed by atoms with van der Waals surface area (Å²) in [6.07, 6.45) is 2.92. The highest BCUT2D eigenvalue weighted by molar-refractivity contribution is 5.99. The minimum absolute atomic E-state index is 0.281. The number of pyridine rings is 1. The molecule has 0 aliphatic heterocycles. The van der Waals surface area contributed by atoms with E-state index in [1.807, 2.05) is 0 Å². The molecule has 0 spiro atoms. The van der Waals surface area contributed by atoms with Gasteiger partial charge in [-0.3, -0.25) is 9.78 Å². The van der Waals surface area contributed by atoms with Gasteiger partial charge in [-0.2, -0.15) is 0 Å². The Bertz CT molecular complexity index is 1010. The van der Waals surface area contributed by atoms with Gasteiger partial charge in [0.15, 0.2) is 12.4 Å². The van der Waals surface area contributed by atoms with Crippen molar-refractivity contribution < 1.29 is 28.6 Å². The first-order valence-corrected chi connectivity index (χ1v) is 8.63. The molecule has 7 nitrogen and oxygen atoms in total. The molecule has 0 radical (unpaired) electrons. The van der Waals surface area contributed by atoms with Crippen LogP contribution in [0.3, 0.4) is 0 Å². The topological polar surface area (TPSA) is 91.8 Å². The lowest BCUT2D eigenvalue weighted by Crippen LogP contribution is -2.14. The van der Waals surface area contributed by atoms with Crippen molar-refractivity contribution in [3.8, 4) is 11.5 Å². The zero-order chi connectivity index (χ0) is 20.6. The molecule has 3 aromatic rings. The molecule has 0 bridgehead atoms. The number of carbonyl (C=O) groups excluding carboxylic acids is 3. The highest BCUT2D eigenvalue weighted by Crippen LogP contribution is 2.17. The molecular formula is C22H17NO6. The number of benzene rings is 2. The summed E-state index contributed by atoms with van der Waals surface area (Å²) in [5, 5.41) is 0. The van der Waals surface area contributed by atoms with E-state index in [4.69, 9.17) is 14.2 Å². The van der Waals surface area contributed by atoms with E-state index in [1.165, 1.54) is 55.9 Å². The fourth-order valence-corrected chi connectivity index (χ4v) is 2.41. The van der Waals surface area contributed by atoms with E-state index in [0.717, 1.165) is 0 Å². The van der Waals surface area contributed by atoms with Gasteiger partial charge in [-0.1, -0.05) is 6.07 Å². The number of nitrogens with zero attached hydrogens (tertiary/aromatic N) is 1. The van der Waals surface area contributed by atoms with E-state index < -0.39 is 18.5 Å². The fourth-order valence-electron chi connectivity index (χ4n) is 2.41. The molecule has 2 aromatic carbocycles. The molecule has 0 aliphatic carbocycles. The van der Waals surface area contributed by atoms with Gasteiger partial charge >= 0.3 is 11.9 Å². The van der Waals surface area contributed by atoms with Crippen molar-refractivity contribution in [3.63, 3.8) is 0 Å². The van der Waals surface area contributed by atoms with E-state index in [1.54, 1.807) is 24.3 Å². The number of carbonyl (C=O) groups is 3. The first kappa shape index (κ1) is 19.8. The zero-order valence-electron chi connectivity index (χ0n) is 15.5. The summed E-state index contributed by atoms with van der Waals surface area (Å²) in [6.45, 7) is -0.399. The Kier molecular flexibility index (Phi) is 6.32. The van der Waals surface area contributed by atoms with Crippen LogP contribution < -0.4 is 9.47 Å². The molecule has 0 unspecified atom stereocenters. The minimum atomic E-state index is -0.607. The third kappa shape index (κ3) is 5.26. The van der Waals surface area contributed by atoms with Crippen LogP contribution >= 0.6 is 0 Å². The average molecular weight is 391 g/mol. The Morgan fingerprint density at radius 1 is 0.793 bits per heavy atom. The third-order valence-corrected chi connectivity index (χ3v) is 3.94. The molecule has 0 fully saturated rings. The third-order valence-electron chi connectivity index (χ3n) is 3.94. The van der Waals surface area contributed by atoms with E-state index in [0.29, 0.717) is 22.4 Å². The van der Waals surface area contributed by atoms with Crippen LogP contribution in [-0.2, 0) is 4.74 Å². The van der Waals surface area contributed by atoms with Crippen LogP contribution in [0.25, 0.3) is 0 Å². The molecule has 3 rings (SSSR count). The molecule has 7 heteroatoms. The standard InChI is InChI=1S/C22H17NO6/c1-27-19-4-2-3-17(13-19)22(26)29-18-7-5-15(6-8-18)20(24)14-28-21(25)16-9-11-23-12-10-16/h2-13H,14H2,1H3. The van der Waals surface area contributed by atoms with Crippen LogP contribution in [0, 0.1) is 0 Å². The maximum Gasteiger partial charge on any atom is 0.343 e. The zero-order valence-corrected chi connectivity index (χ0v) is 15.5. The van der Waals surface area contributed by atoms with E-state index in [2.05, 4.69) is 4.98 Å². The van der Waals surface area contributed by atoms with Crippen LogP contribution in [0.4, 0.5) is 0 Å². The van der Waals surface area contributed by atoms with Crippen LogP contribution in [-0.4, -0.2) is 36.4 Å². The molecule has 1 heterocycles. The van der Waals surface area contributed by atoms with E-state index in [9.17, 15) is 14.4 Å². The molecule has 1 aromatic heterocycles. The summed E-state index contributed by atoms with van der Waals surface area (Å²) in [5.74, 6) is -0.707. The number of hydrogen-bond donors (Lipinski definition) is 0. The summed E-state index contributed by atoms with van der Waals surface area (Å²) < 4.78 is 15.4. The minimum Gasteiger partial charge on any atom is -0.497 e. The van der Waals surface area contributed by atoms with Crippen molar-refractivity contribution in [1.82, 2.24) is 4.98 Å². The highest BCUT2D eigenvalue weighted by atomic mass is 16.5. The average Bonchev–Trinajstić information content (AvgIpc) is 2.78. The maximum atomic E-state index is 12.2. The van der Waals surface area contributed by atoms with Gasteiger partial charge in [-0.25, -0.2) is 9.59 Å². The number of hydrogen-bond acceptors (Lipinski definition) is 7. The van der Waals surface area contributed by atoms with Crippen molar-refractivity contribution in [2.24, 2.45) is 0 Å². The van der Waals surface area contributed by atoms with Crippen molar-refractivity contribution in [3.05, 3.63) is 89.7 Å². The van der Waals surface area contributed by atoms with Gasteiger partial charge in [-0.15, -0.1) is 0 Å². The predicted octanol–water partition coefficient (Wildman–Crippen LogP) is 3.35. The summed E-state index contributed by atoms with van der Waals surface area (Å²) in [7, 11) is 1.51. The van der Waals surface area contributed by atoms with Crippen LogP contribution in [0.2, 0.25) is 0 Å². The van der Waals surface area contributed by atoms with Gasteiger partial charge in [-0.05, 0) is 54.6 Å². The first-order valence-electron chi connectivity index (χ1n) is 8.63. The fraction of sp³-hybridized carbons (Fsp3) is 0.0909. The number of Topliss-reactive ketones (excluding diaryl/α,β-unsaturated/α-hetero) is 1. The highest BCUT2D eigenvalue weighted by Gasteiger charge is 2.13. The second-order valence-corrected chi connectivity index (χ2v) is 5.88. The largest absolute Gasteiger partial charge is 0.497 e. The van der Waals surface area contributed by atoms with Gasteiger partial charge in [0.1, 0.15) is 11.5 Å². The van der Waals surface area contributed by atoms with Crippen LogP contribution in [0.1, 0.15) is 31.1 Å². The molecule has 0 atom stereocenters. The van der Waals surface area contributed by atoms with E-state index in [-0.39, 0.29) is 11.5 Å². The van der Waals surface area contributed by atoms with E-state index >= 15 is 0 Å². The molecule has 0 amide bonds. The molecule has 0 N–H and O–H groups in total. The first-order chi connectivity index (χ1) is 14.1. The van der Waals surface area contributed by atoms with Gasteiger partial charge in [0, 0.05) is 18.0 Å². The Morgan fingerprint density at radius 3 is 2.21 bits per heavy atom. The normalized spacial score (nSPS) is 10.1. The quantitative estimate of drug-likeness (QED) is 0.346. The van der Waals surface area contributed by atoms with Crippen molar-refractivity contribution in [2.75, 3.05) is 13.7 Å². The lowest BCUT2D eigenvalue weighted by molar-refractivity contribution is 0.0474. The second kappa shape index (κ2) is 9.27. The second-order valence-electron chi connectivity index (χ2n) is 5.88. The summed E-state index contributed by atoms with van der Waals surface area (Å²) in [6, 6.07) is 15.6. The Morgan fingerprint density at radius 2 is 1.52 bits per heavy atom. The van der Waals surface area contributed by atoms with Crippen LogP contribution in [0.15, 0.2) is 73.1 Å². The summed E-state index contributed by atoms with van der Waals surface area (Å²) in [5.41, 5.74) is 0.980. The number of methoxy groups -OCH3 is 1. The summed E-state index contributed by atoms with van der Waals surface area (Å²) >= 11 is 0. The van der Waals surface area contributed by atoms with Gasteiger partial charge in [0.2, 0.25) is 0 Å². The number of ether oxygens (including phenoxy) is 3. The van der Waals surface area contributed by atoms with Crippen LogP contribution in [0.5, 0.6) is 11.5 Å². The molecule has 146 valence electrons. The Balaban J connectivity index is 1.57. The smallest absolute Gasteiger partial charge is 0.343 e. The lowest BCUT2D eigenvalue weighted by atomic mass is 10.1. The molecular weight excluding hydrogens is 374 g/mol. The molecule has 29 heavy (non-hydrogen) atoms. The van der Waals surface area contributed by atoms with Crippen molar-refractivity contribution >= 4 is 17.7 Å². The molecule has 0 saturated carbocycles. The lowest BCUT2D eigenvalue weighted by Gasteiger charge is -2.07. The maximum absolute atomic E-state index is 12.2. The SMILES string of the molecule is COc1cccc(C(=O)Oc2ccc(C(=O)COC(=O)c3ccncc3)cc2)c1. The van der Waals surface area contributed by atoms with Gasteiger partial charge in [0.05, 0.1) is 18.2 Å². The summed E-state index contributed by atoms with van der Waals surface area (Å²) in [4.78, 5) is 40.1. The number of aromatic nitrogens is 1. The van der Waals surface area contributed by atoms with Crippen molar-refractivity contribution in [2.45, 2.75) is 0 Å². The number of rotatable bonds is 7. The number of esters is 2. The predicted molar refractivity (Wildman–Crippen MR) is 103 cm³/mol.